The molecule has 0 spiro atoms. The Bertz CT molecular complexity index is 899. The van der Waals surface area contributed by atoms with Gasteiger partial charge in [-0.1, -0.05) is 60.7 Å². The summed E-state index contributed by atoms with van der Waals surface area (Å²) < 4.78 is 1.19. The van der Waals surface area contributed by atoms with Crippen LogP contribution < -0.4 is 11.2 Å². The van der Waals surface area contributed by atoms with E-state index in [2.05, 4.69) is 17.6 Å². The van der Waals surface area contributed by atoms with Crippen LogP contribution in [0.4, 0.5) is 0 Å². The second-order valence-corrected chi connectivity index (χ2v) is 5.34. The Balaban J connectivity index is 2.16. The van der Waals surface area contributed by atoms with Crippen LogP contribution >= 0.6 is 12.6 Å². The Morgan fingerprint density at radius 3 is 2.14 bits per heavy atom. The molecular weight excluding hydrogens is 296 g/mol. The number of thiol groups is 1. The van der Waals surface area contributed by atoms with Gasteiger partial charge in [0.25, 0.3) is 5.56 Å². The maximum atomic E-state index is 12.7. The maximum absolute atomic E-state index is 12.7. The number of hydrogen-bond acceptors (Lipinski definition) is 3. The fourth-order valence-electron chi connectivity index (χ4n) is 2.33. The van der Waals surface area contributed by atoms with Gasteiger partial charge < -0.3 is 4.98 Å². The molecule has 3 rings (SSSR count). The van der Waals surface area contributed by atoms with Crippen molar-refractivity contribution in [2.75, 3.05) is 0 Å². The van der Waals surface area contributed by atoms with Crippen LogP contribution in [0.2, 0.25) is 0 Å². The molecule has 1 heterocycles. The normalized spacial score (nSPS) is 10.6. The van der Waals surface area contributed by atoms with Crippen molar-refractivity contribution in [1.29, 1.82) is 0 Å². The van der Waals surface area contributed by atoms with Crippen LogP contribution in [0.3, 0.4) is 0 Å². The summed E-state index contributed by atoms with van der Waals surface area (Å²) in [5.74, 6) is 0. The number of rotatable bonds is 3. The molecule has 0 unspecified atom stereocenters. The van der Waals surface area contributed by atoms with Gasteiger partial charge in [0.15, 0.2) is 0 Å². The molecule has 0 radical (unpaired) electrons. The summed E-state index contributed by atoms with van der Waals surface area (Å²) in [6.45, 7) is 0.225. The molecular formula is C17H14N2O2S. The van der Waals surface area contributed by atoms with Gasteiger partial charge in [-0.15, -0.1) is 12.6 Å². The van der Waals surface area contributed by atoms with Crippen molar-refractivity contribution in [2.45, 2.75) is 11.6 Å². The van der Waals surface area contributed by atoms with E-state index in [4.69, 9.17) is 0 Å². The van der Waals surface area contributed by atoms with E-state index in [1.165, 1.54) is 4.57 Å². The molecule has 0 aliphatic rings. The van der Waals surface area contributed by atoms with Crippen molar-refractivity contribution in [3.05, 3.63) is 87.1 Å². The molecule has 5 heteroatoms. The lowest BCUT2D eigenvalue weighted by atomic mass is 10.1. The molecule has 4 nitrogen and oxygen atoms in total. The third-order valence-electron chi connectivity index (χ3n) is 3.41. The zero-order valence-electron chi connectivity index (χ0n) is 11.7. The molecule has 1 N–H and O–H groups in total. The average molecular weight is 310 g/mol. The molecule has 0 aliphatic carbocycles. The lowest BCUT2D eigenvalue weighted by molar-refractivity contribution is 0.685. The van der Waals surface area contributed by atoms with E-state index in [1.807, 2.05) is 60.7 Å². The molecule has 0 fully saturated rings. The number of H-pyrrole nitrogens is 1. The minimum atomic E-state index is -0.460. The third kappa shape index (κ3) is 2.76. The average Bonchev–Trinajstić information content (AvgIpc) is 2.53. The molecule has 22 heavy (non-hydrogen) atoms. The summed E-state index contributed by atoms with van der Waals surface area (Å²) in [6, 6.07) is 18.6. The zero-order valence-corrected chi connectivity index (χ0v) is 12.6. The first-order valence-electron chi connectivity index (χ1n) is 6.82. The monoisotopic (exact) mass is 310 g/mol. The fourth-order valence-corrected chi connectivity index (χ4v) is 2.65. The molecule has 0 amide bonds. The van der Waals surface area contributed by atoms with Gasteiger partial charge in [-0.2, -0.15) is 0 Å². The van der Waals surface area contributed by atoms with Gasteiger partial charge in [0.05, 0.1) is 17.1 Å². The Labute approximate surface area is 132 Å². The predicted octanol–water partition coefficient (Wildman–Crippen LogP) is 2.54. The summed E-state index contributed by atoms with van der Waals surface area (Å²) >= 11 is 4.25. The number of nitrogens with one attached hydrogen (secondary N) is 1. The second kappa shape index (κ2) is 6.07. The highest BCUT2D eigenvalue weighted by molar-refractivity contribution is 7.80. The van der Waals surface area contributed by atoms with Crippen LogP contribution in [0, 0.1) is 0 Å². The summed E-state index contributed by atoms with van der Waals surface area (Å²) in [5, 5.41) is 0.283. The summed E-state index contributed by atoms with van der Waals surface area (Å²) in [5.41, 5.74) is 1.22. The van der Waals surface area contributed by atoms with Crippen molar-refractivity contribution < 1.29 is 0 Å². The van der Waals surface area contributed by atoms with Gasteiger partial charge in [0.1, 0.15) is 0 Å². The molecule has 2 aromatic carbocycles. The van der Waals surface area contributed by atoms with E-state index in [1.54, 1.807) is 0 Å². The fraction of sp³-hybridized carbons (Fsp3) is 0.0588. The first kappa shape index (κ1) is 14.4. The molecule has 0 bridgehead atoms. The highest BCUT2D eigenvalue weighted by Gasteiger charge is 2.13. The predicted molar refractivity (Wildman–Crippen MR) is 89.6 cm³/mol. The maximum Gasteiger partial charge on any atom is 0.329 e. The number of aromatic amines is 1. The summed E-state index contributed by atoms with van der Waals surface area (Å²) in [7, 11) is 0. The van der Waals surface area contributed by atoms with Crippen LogP contribution in [0.15, 0.2) is 75.3 Å². The lowest BCUT2D eigenvalue weighted by Gasteiger charge is -2.10. The third-order valence-corrected chi connectivity index (χ3v) is 3.75. The lowest BCUT2D eigenvalue weighted by Crippen LogP contribution is -2.36. The number of benzene rings is 2. The standard InChI is InChI=1S/C17H14N2O2S/c20-16-14(13-9-5-2-6-10-13)15(22)18-17(21)19(16)11-12-7-3-1-4-8-12/h1-10,22H,11H2,(H,18,21). The Kier molecular flexibility index (Phi) is 3.98. The van der Waals surface area contributed by atoms with Crippen molar-refractivity contribution in [3.63, 3.8) is 0 Å². The first-order chi connectivity index (χ1) is 10.7. The number of aromatic nitrogens is 2. The quantitative estimate of drug-likeness (QED) is 0.577. The summed E-state index contributed by atoms with van der Waals surface area (Å²) in [4.78, 5) is 27.5. The molecule has 0 aliphatic heterocycles. The molecule has 3 aromatic rings. The van der Waals surface area contributed by atoms with E-state index in [9.17, 15) is 9.59 Å². The second-order valence-electron chi connectivity index (χ2n) is 4.90. The van der Waals surface area contributed by atoms with Crippen molar-refractivity contribution in [2.24, 2.45) is 0 Å². The van der Waals surface area contributed by atoms with Gasteiger partial charge in [0, 0.05) is 0 Å². The highest BCUT2D eigenvalue weighted by Crippen LogP contribution is 2.19. The van der Waals surface area contributed by atoms with Crippen LogP contribution in [-0.2, 0) is 6.54 Å². The first-order valence-corrected chi connectivity index (χ1v) is 7.27. The van der Waals surface area contributed by atoms with Crippen LogP contribution in [0.1, 0.15) is 5.56 Å². The summed E-state index contributed by atoms with van der Waals surface area (Å²) in [6.07, 6.45) is 0. The zero-order chi connectivity index (χ0) is 15.5. The number of hydrogen-bond donors (Lipinski definition) is 2. The molecule has 0 atom stereocenters. The van der Waals surface area contributed by atoms with Gasteiger partial charge in [-0.05, 0) is 11.1 Å². The molecule has 1 aromatic heterocycles. The van der Waals surface area contributed by atoms with Crippen molar-refractivity contribution in [1.82, 2.24) is 9.55 Å². The van der Waals surface area contributed by atoms with Gasteiger partial charge in [-0.25, -0.2) is 4.79 Å². The molecule has 110 valence electrons. The van der Waals surface area contributed by atoms with Crippen molar-refractivity contribution in [3.8, 4) is 11.1 Å². The Morgan fingerprint density at radius 2 is 1.50 bits per heavy atom. The largest absolute Gasteiger partial charge is 0.329 e. The van der Waals surface area contributed by atoms with E-state index in [0.29, 0.717) is 5.56 Å². The topological polar surface area (TPSA) is 54.9 Å². The number of nitrogens with zero attached hydrogens (tertiary/aromatic N) is 1. The van der Waals surface area contributed by atoms with E-state index >= 15 is 0 Å². The van der Waals surface area contributed by atoms with Crippen LogP contribution in [0.5, 0.6) is 0 Å². The Morgan fingerprint density at radius 1 is 0.909 bits per heavy atom. The SMILES string of the molecule is O=c1[nH]c(S)c(-c2ccccc2)c(=O)n1Cc1ccccc1. The van der Waals surface area contributed by atoms with E-state index < -0.39 is 5.69 Å². The van der Waals surface area contributed by atoms with E-state index in [0.717, 1.165) is 11.1 Å². The van der Waals surface area contributed by atoms with Crippen LogP contribution in [-0.4, -0.2) is 9.55 Å². The van der Waals surface area contributed by atoms with Gasteiger partial charge >= 0.3 is 5.69 Å². The molecule has 0 saturated heterocycles. The van der Waals surface area contributed by atoms with E-state index in [-0.39, 0.29) is 17.1 Å². The van der Waals surface area contributed by atoms with Crippen molar-refractivity contribution >= 4 is 12.6 Å². The Hall–Kier alpha value is -2.53. The van der Waals surface area contributed by atoms with Crippen LogP contribution in [0.25, 0.3) is 11.1 Å². The molecule has 0 saturated carbocycles. The van der Waals surface area contributed by atoms with Gasteiger partial charge in [-0.3, -0.25) is 9.36 Å². The highest BCUT2D eigenvalue weighted by atomic mass is 32.1. The van der Waals surface area contributed by atoms with Gasteiger partial charge in [0.2, 0.25) is 0 Å². The minimum absolute atomic E-state index is 0.225. The minimum Gasteiger partial charge on any atom is -0.301 e. The smallest absolute Gasteiger partial charge is 0.301 e.